The number of hydrogen-bond acceptors (Lipinski definition) is 6. The van der Waals surface area contributed by atoms with Gasteiger partial charge in [0.15, 0.2) is 5.69 Å². The van der Waals surface area contributed by atoms with Crippen molar-refractivity contribution in [1.82, 2.24) is 4.57 Å². The molecule has 2 N–H and O–H groups in total. The summed E-state index contributed by atoms with van der Waals surface area (Å²) in [6, 6.07) is 3.01. The van der Waals surface area contributed by atoms with Crippen molar-refractivity contribution in [3.8, 4) is 11.8 Å². The molecule has 0 aliphatic rings. The SMILES string of the molecule is COC(=O)c1c(N)c(C#N)cn1-c1cc(F)c([N+](=O)[O-])c(F)c1. The second-order valence-corrected chi connectivity index (χ2v) is 4.29. The van der Waals surface area contributed by atoms with Crippen LogP contribution in [-0.2, 0) is 4.74 Å². The summed E-state index contributed by atoms with van der Waals surface area (Å²) in [7, 11) is 1.06. The minimum Gasteiger partial charge on any atom is -0.464 e. The third kappa shape index (κ3) is 2.55. The summed E-state index contributed by atoms with van der Waals surface area (Å²) >= 11 is 0. The number of nitriles is 1. The van der Waals surface area contributed by atoms with Crippen molar-refractivity contribution in [3.63, 3.8) is 0 Å². The number of benzene rings is 1. The van der Waals surface area contributed by atoms with Gasteiger partial charge in [-0.3, -0.25) is 10.1 Å². The number of carbonyl (C=O) groups is 1. The lowest BCUT2D eigenvalue weighted by atomic mass is 10.2. The quantitative estimate of drug-likeness (QED) is 0.523. The molecule has 0 aliphatic carbocycles. The molecule has 2 rings (SSSR count). The van der Waals surface area contributed by atoms with Gasteiger partial charge in [-0.25, -0.2) is 4.79 Å². The number of anilines is 1. The largest absolute Gasteiger partial charge is 0.464 e. The number of nitrogen functional groups attached to an aromatic ring is 1. The molecule has 0 saturated carbocycles. The van der Waals surface area contributed by atoms with Gasteiger partial charge in [0.05, 0.1) is 29.0 Å². The number of rotatable bonds is 3. The van der Waals surface area contributed by atoms with E-state index in [1.807, 2.05) is 0 Å². The highest BCUT2D eigenvalue weighted by Gasteiger charge is 2.26. The second-order valence-electron chi connectivity index (χ2n) is 4.29. The molecule has 23 heavy (non-hydrogen) atoms. The number of nitro groups is 1. The van der Waals surface area contributed by atoms with Crippen LogP contribution in [0.3, 0.4) is 0 Å². The molecule has 118 valence electrons. The van der Waals surface area contributed by atoms with Gasteiger partial charge in [0.1, 0.15) is 6.07 Å². The van der Waals surface area contributed by atoms with Gasteiger partial charge < -0.3 is 15.0 Å². The Morgan fingerprint density at radius 1 is 1.43 bits per heavy atom. The lowest BCUT2D eigenvalue weighted by Crippen LogP contribution is -2.11. The third-order valence-corrected chi connectivity index (χ3v) is 3.01. The molecule has 8 nitrogen and oxygen atoms in total. The van der Waals surface area contributed by atoms with Crippen molar-refractivity contribution in [2.75, 3.05) is 12.8 Å². The maximum absolute atomic E-state index is 13.7. The predicted molar refractivity (Wildman–Crippen MR) is 72.8 cm³/mol. The van der Waals surface area contributed by atoms with E-state index in [4.69, 9.17) is 11.0 Å². The number of methoxy groups -OCH3 is 1. The van der Waals surface area contributed by atoms with Crippen molar-refractivity contribution < 1.29 is 23.2 Å². The zero-order chi connectivity index (χ0) is 17.3. The van der Waals surface area contributed by atoms with Crippen LogP contribution in [0.1, 0.15) is 16.1 Å². The Hall–Kier alpha value is -3.48. The summed E-state index contributed by atoms with van der Waals surface area (Å²) in [6.07, 6.45) is 1.07. The van der Waals surface area contributed by atoms with Gasteiger partial charge in [-0.1, -0.05) is 0 Å². The molecule has 0 atom stereocenters. The number of nitrogens with zero attached hydrogens (tertiary/aromatic N) is 3. The molecule has 0 fully saturated rings. The summed E-state index contributed by atoms with van der Waals surface area (Å²) in [6.45, 7) is 0. The van der Waals surface area contributed by atoms with Gasteiger partial charge in [0.2, 0.25) is 11.6 Å². The molecular weight excluding hydrogens is 314 g/mol. The van der Waals surface area contributed by atoms with E-state index in [-0.39, 0.29) is 22.6 Å². The van der Waals surface area contributed by atoms with Crippen LogP contribution in [0.25, 0.3) is 5.69 Å². The fourth-order valence-corrected chi connectivity index (χ4v) is 1.98. The Morgan fingerprint density at radius 3 is 2.43 bits per heavy atom. The van der Waals surface area contributed by atoms with E-state index < -0.39 is 28.2 Å². The van der Waals surface area contributed by atoms with E-state index >= 15 is 0 Å². The molecule has 2 aromatic rings. The Balaban J connectivity index is 2.75. The highest BCUT2D eigenvalue weighted by Crippen LogP contribution is 2.29. The van der Waals surface area contributed by atoms with Crippen LogP contribution >= 0.6 is 0 Å². The van der Waals surface area contributed by atoms with Crippen LogP contribution in [0.2, 0.25) is 0 Å². The summed E-state index contributed by atoms with van der Waals surface area (Å²) in [4.78, 5) is 21.2. The number of esters is 1. The fourth-order valence-electron chi connectivity index (χ4n) is 1.98. The average Bonchev–Trinajstić information content (AvgIpc) is 2.82. The highest BCUT2D eigenvalue weighted by atomic mass is 19.1. The smallest absolute Gasteiger partial charge is 0.357 e. The second kappa shape index (κ2) is 5.72. The maximum Gasteiger partial charge on any atom is 0.357 e. The van der Waals surface area contributed by atoms with Gasteiger partial charge in [-0.15, -0.1) is 0 Å². The minimum atomic E-state index is -1.44. The molecule has 0 aliphatic heterocycles. The molecular formula is C13H8F2N4O4. The zero-order valence-corrected chi connectivity index (χ0v) is 11.5. The van der Waals surface area contributed by atoms with Gasteiger partial charge >= 0.3 is 11.7 Å². The molecule has 0 amide bonds. The van der Waals surface area contributed by atoms with Crippen LogP contribution in [0.5, 0.6) is 0 Å². The summed E-state index contributed by atoms with van der Waals surface area (Å²) in [5.74, 6) is -3.82. The van der Waals surface area contributed by atoms with Crippen molar-refractivity contribution in [3.05, 3.63) is 51.3 Å². The maximum atomic E-state index is 13.7. The van der Waals surface area contributed by atoms with Crippen molar-refractivity contribution in [2.45, 2.75) is 0 Å². The van der Waals surface area contributed by atoms with Gasteiger partial charge in [-0.05, 0) is 0 Å². The van der Waals surface area contributed by atoms with E-state index in [2.05, 4.69) is 4.74 Å². The van der Waals surface area contributed by atoms with Gasteiger partial charge in [0.25, 0.3) is 0 Å². The molecule has 0 unspecified atom stereocenters. The number of aromatic nitrogens is 1. The Labute approximate surface area is 127 Å². The van der Waals surface area contributed by atoms with Gasteiger partial charge in [-0.2, -0.15) is 14.0 Å². The monoisotopic (exact) mass is 322 g/mol. The molecule has 0 saturated heterocycles. The first-order chi connectivity index (χ1) is 10.8. The average molecular weight is 322 g/mol. The third-order valence-electron chi connectivity index (χ3n) is 3.01. The summed E-state index contributed by atoms with van der Waals surface area (Å²) in [5.41, 5.74) is 3.37. The molecule has 0 spiro atoms. The summed E-state index contributed by atoms with van der Waals surface area (Å²) in [5, 5.41) is 19.5. The number of halogens is 2. The first kappa shape index (κ1) is 15.9. The van der Waals surface area contributed by atoms with E-state index in [1.54, 1.807) is 6.07 Å². The predicted octanol–water partition coefficient (Wildman–Crippen LogP) is 1.90. The molecule has 1 heterocycles. The van der Waals surface area contributed by atoms with Gasteiger partial charge in [0, 0.05) is 18.3 Å². The molecule has 10 heteroatoms. The molecule has 1 aromatic heterocycles. The highest BCUT2D eigenvalue weighted by molar-refractivity contribution is 5.95. The van der Waals surface area contributed by atoms with Crippen molar-refractivity contribution in [2.24, 2.45) is 0 Å². The van der Waals surface area contributed by atoms with Crippen LogP contribution < -0.4 is 5.73 Å². The van der Waals surface area contributed by atoms with E-state index in [1.165, 1.54) is 0 Å². The number of hydrogen-bond donors (Lipinski definition) is 1. The van der Waals surface area contributed by atoms with Crippen LogP contribution in [0.4, 0.5) is 20.2 Å². The first-order valence-electron chi connectivity index (χ1n) is 5.94. The molecule has 0 bridgehead atoms. The van der Waals surface area contributed by atoms with E-state index in [9.17, 15) is 23.7 Å². The van der Waals surface area contributed by atoms with Crippen LogP contribution in [0, 0.1) is 33.1 Å². The number of carbonyl (C=O) groups excluding carboxylic acids is 1. The van der Waals surface area contributed by atoms with Crippen molar-refractivity contribution >= 4 is 17.3 Å². The van der Waals surface area contributed by atoms with Crippen molar-refractivity contribution in [1.29, 1.82) is 5.26 Å². The first-order valence-corrected chi connectivity index (χ1v) is 5.94. The topological polar surface area (TPSA) is 124 Å². The standard InChI is InChI=1S/C13H8F2N4O4/c1-23-13(20)12-10(17)6(4-16)5-18(12)7-2-8(14)11(19(21)22)9(15)3-7/h2-3,5H,17H2,1H3. The van der Waals surface area contributed by atoms with Crippen LogP contribution in [-0.4, -0.2) is 22.6 Å². The lowest BCUT2D eigenvalue weighted by Gasteiger charge is -2.09. The number of ether oxygens (including phenoxy) is 1. The normalized spacial score (nSPS) is 10.2. The number of nitro benzene ring substituents is 1. The fraction of sp³-hybridized carbons (Fsp3) is 0.0769. The van der Waals surface area contributed by atoms with E-state index in [0.717, 1.165) is 17.9 Å². The Bertz CT molecular complexity index is 847. The number of nitrogens with two attached hydrogens (primary N) is 1. The molecule has 1 aromatic carbocycles. The minimum absolute atomic E-state index is 0.121. The van der Waals surface area contributed by atoms with Crippen LogP contribution in [0.15, 0.2) is 18.3 Å². The Kier molecular flexibility index (Phi) is 3.96. The molecule has 0 radical (unpaired) electrons. The van der Waals surface area contributed by atoms with E-state index in [0.29, 0.717) is 12.1 Å². The zero-order valence-electron chi connectivity index (χ0n) is 11.5. The lowest BCUT2D eigenvalue weighted by molar-refractivity contribution is -0.390. The Morgan fingerprint density at radius 2 is 2.00 bits per heavy atom. The summed E-state index contributed by atoms with van der Waals surface area (Å²) < 4.78 is 32.9.